The highest BCUT2D eigenvalue weighted by atomic mass is 35.5. The number of carbonyl (C=O) groups is 1. The Bertz CT molecular complexity index is 228. The van der Waals surface area contributed by atoms with E-state index in [1.54, 1.807) is 0 Å². The molecule has 3 rings (SSSR count). The van der Waals surface area contributed by atoms with Crippen LogP contribution in [0.5, 0.6) is 0 Å². The van der Waals surface area contributed by atoms with Crippen molar-refractivity contribution in [1.82, 2.24) is 0 Å². The van der Waals surface area contributed by atoms with Gasteiger partial charge in [0, 0.05) is 5.92 Å². The Morgan fingerprint density at radius 3 is 2.91 bits per heavy atom. The third-order valence-electron chi connectivity index (χ3n) is 3.39. The molecule has 0 radical (unpaired) electrons. The molecular formula is C8H9ClO2. The summed E-state index contributed by atoms with van der Waals surface area (Å²) in [5.41, 5.74) is 0. The van der Waals surface area contributed by atoms with Gasteiger partial charge in [-0.2, -0.15) is 0 Å². The zero-order valence-corrected chi connectivity index (χ0v) is 6.75. The Labute approximate surface area is 69.9 Å². The number of carbonyl (C=O) groups excluding carboxylic acids is 1. The van der Waals surface area contributed by atoms with Crippen LogP contribution in [-0.4, -0.2) is 17.5 Å². The number of halogens is 1. The molecular weight excluding hydrogens is 164 g/mol. The Morgan fingerprint density at radius 2 is 2.27 bits per heavy atom. The van der Waals surface area contributed by atoms with Gasteiger partial charge in [-0.25, -0.2) is 0 Å². The summed E-state index contributed by atoms with van der Waals surface area (Å²) in [5.74, 6) is 1.24. The molecule has 5 atom stereocenters. The van der Waals surface area contributed by atoms with E-state index in [0.717, 1.165) is 12.8 Å². The molecule has 2 saturated carbocycles. The van der Waals surface area contributed by atoms with Crippen molar-refractivity contribution in [2.45, 2.75) is 24.3 Å². The predicted molar refractivity (Wildman–Crippen MR) is 39.2 cm³/mol. The van der Waals surface area contributed by atoms with Gasteiger partial charge < -0.3 is 4.74 Å². The summed E-state index contributed by atoms with van der Waals surface area (Å²) in [7, 11) is 0. The minimum Gasteiger partial charge on any atom is -0.460 e. The van der Waals surface area contributed by atoms with E-state index in [4.69, 9.17) is 16.3 Å². The van der Waals surface area contributed by atoms with Crippen molar-refractivity contribution in [3.05, 3.63) is 0 Å². The standard InChI is InChI=1S/C8H9ClO2/c9-6-3-1-4-5(2-3)8(10)11-7(4)6/h3-7H,1-2H2/t3-,4-,5-,6-,7?/m0/s1. The van der Waals surface area contributed by atoms with Crippen LogP contribution in [0.15, 0.2) is 0 Å². The molecule has 0 N–H and O–H groups in total. The number of hydrogen-bond donors (Lipinski definition) is 0. The molecule has 0 aromatic rings. The van der Waals surface area contributed by atoms with Crippen molar-refractivity contribution in [3.63, 3.8) is 0 Å². The van der Waals surface area contributed by atoms with Gasteiger partial charge in [0.05, 0.1) is 11.3 Å². The normalized spacial score (nSPS) is 58.6. The topological polar surface area (TPSA) is 26.3 Å². The second-order valence-electron chi connectivity index (χ2n) is 3.85. The summed E-state index contributed by atoms with van der Waals surface area (Å²) >= 11 is 6.09. The van der Waals surface area contributed by atoms with E-state index in [2.05, 4.69) is 0 Å². The number of fused-ring (bicyclic) bond motifs is 1. The fraction of sp³-hybridized carbons (Fsp3) is 0.875. The maximum absolute atomic E-state index is 11.2. The lowest BCUT2D eigenvalue weighted by molar-refractivity contribution is -0.143. The summed E-state index contributed by atoms with van der Waals surface area (Å²) in [4.78, 5) is 11.2. The Morgan fingerprint density at radius 1 is 1.45 bits per heavy atom. The lowest BCUT2D eigenvalue weighted by atomic mass is 9.90. The van der Waals surface area contributed by atoms with Gasteiger partial charge in [-0.05, 0) is 18.8 Å². The Balaban J connectivity index is 2.04. The van der Waals surface area contributed by atoms with Gasteiger partial charge in [0.2, 0.25) is 0 Å². The number of rotatable bonds is 0. The van der Waals surface area contributed by atoms with Crippen LogP contribution in [0.4, 0.5) is 0 Å². The molecule has 2 bridgehead atoms. The Kier molecular flexibility index (Phi) is 0.995. The highest BCUT2D eigenvalue weighted by Gasteiger charge is 2.61. The number of hydrogen-bond acceptors (Lipinski definition) is 2. The molecule has 2 aliphatic carbocycles. The van der Waals surface area contributed by atoms with E-state index in [-0.39, 0.29) is 23.4 Å². The van der Waals surface area contributed by atoms with Crippen molar-refractivity contribution >= 4 is 17.6 Å². The van der Waals surface area contributed by atoms with Crippen LogP contribution in [-0.2, 0) is 9.53 Å². The highest BCUT2D eigenvalue weighted by molar-refractivity contribution is 6.21. The van der Waals surface area contributed by atoms with Gasteiger partial charge in [0.1, 0.15) is 6.10 Å². The summed E-state index contributed by atoms with van der Waals surface area (Å²) in [5, 5.41) is 0.114. The Hall–Kier alpha value is -0.240. The van der Waals surface area contributed by atoms with E-state index in [1.165, 1.54) is 0 Å². The van der Waals surface area contributed by atoms with Gasteiger partial charge >= 0.3 is 5.97 Å². The van der Waals surface area contributed by atoms with Crippen molar-refractivity contribution < 1.29 is 9.53 Å². The fourth-order valence-electron chi connectivity index (χ4n) is 2.88. The lowest BCUT2D eigenvalue weighted by Gasteiger charge is -2.18. The lowest BCUT2D eigenvalue weighted by Crippen LogP contribution is -2.26. The molecule has 1 heterocycles. The van der Waals surface area contributed by atoms with Crippen LogP contribution in [0.2, 0.25) is 0 Å². The molecule has 1 saturated heterocycles. The minimum absolute atomic E-state index is 0.00523. The molecule has 11 heavy (non-hydrogen) atoms. The molecule has 1 unspecified atom stereocenters. The summed E-state index contributed by atoms with van der Waals surface area (Å²) in [6, 6.07) is 0. The second kappa shape index (κ2) is 1.74. The molecule has 0 aromatic heterocycles. The first-order valence-electron chi connectivity index (χ1n) is 4.12. The smallest absolute Gasteiger partial charge is 0.309 e. The van der Waals surface area contributed by atoms with Gasteiger partial charge in [0.15, 0.2) is 0 Å². The first-order valence-corrected chi connectivity index (χ1v) is 4.55. The van der Waals surface area contributed by atoms with Gasteiger partial charge in [-0.1, -0.05) is 0 Å². The number of ether oxygens (including phenoxy) is 1. The maximum Gasteiger partial charge on any atom is 0.309 e. The molecule has 0 spiro atoms. The van der Waals surface area contributed by atoms with Crippen LogP contribution >= 0.6 is 11.6 Å². The van der Waals surface area contributed by atoms with Crippen LogP contribution in [0.25, 0.3) is 0 Å². The number of alkyl halides is 1. The van der Waals surface area contributed by atoms with E-state index >= 15 is 0 Å². The van der Waals surface area contributed by atoms with Crippen molar-refractivity contribution in [3.8, 4) is 0 Å². The van der Waals surface area contributed by atoms with Crippen molar-refractivity contribution in [1.29, 1.82) is 0 Å². The van der Waals surface area contributed by atoms with Gasteiger partial charge in [-0.3, -0.25) is 4.79 Å². The maximum atomic E-state index is 11.2. The first-order chi connectivity index (χ1) is 5.27. The quantitative estimate of drug-likeness (QED) is 0.405. The SMILES string of the molecule is O=C1OC2[C@@H](Cl)[C@@H]3C[C@H]1[C@@H]2C3. The number of esters is 1. The van der Waals surface area contributed by atoms with Crippen molar-refractivity contribution in [2.24, 2.45) is 17.8 Å². The first kappa shape index (κ1) is 6.30. The summed E-state index contributed by atoms with van der Waals surface area (Å²) in [6.07, 6.45) is 2.16. The van der Waals surface area contributed by atoms with E-state index < -0.39 is 0 Å². The predicted octanol–water partition coefficient (Wildman–Crippen LogP) is 1.18. The van der Waals surface area contributed by atoms with Crippen LogP contribution < -0.4 is 0 Å². The largest absolute Gasteiger partial charge is 0.460 e. The molecule has 60 valence electrons. The second-order valence-corrected chi connectivity index (χ2v) is 4.35. The molecule has 3 aliphatic rings. The monoisotopic (exact) mass is 172 g/mol. The van der Waals surface area contributed by atoms with Crippen LogP contribution in [0, 0.1) is 17.8 Å². The third kappa shape index (κ3) is 0.583. The van der Waals surface area contributed by atoms with E-state index in [0.29, 0.717) is 11.8 Å². The minimum atomic E-state index is 0.00523. The zero-order valence-electron chi connectivity index (χ0n) is 6.00. The van der Waals surface area contributed by atoms with Crippen LogP contribution in [0.1, 0.15) is 12.8 Å². The third-order valence-corrected chi connectivity index (χ3v) is 3.99. The van der Waals surface area contributed by atoms with Gasteiger partial charge in [0.25, 0.3) is 0 Å². The fourth-order valence-corrected chi connectivity index (χ4v) is 3.33. The van der Waals surface area contributed by atoms with Gasteiger partial charge in [-0.15, -0.1) is 11.6 Å². The van der Waals surface area contributed by atoms with E-state index in [1.807, 2.05) is 0 Å². The molecule has 2 nitrogen and oxygen atoms in total. The van der Waals surface area contributed by atoms with E-state index in [9.17, 15) is 4.79 Å². The highest BCUT2D eigenvalue weighted by Crippen LogP contribution is 2.56. The molecule has 3 fully saturated rings. The average molecular weight is 173 g/mol. The molecule has 0 aromatic carbocycles. The molecule has 0 amide bonds. The summed E-state index contributed by atoms with van der Waals surface area (Å²) in [6.45, 7) is 0. The molecule has 3 heteroatoms. The summed E-state index contributed by atoms with van der Waals surface area (Å²) < 4.78 is 5.18. The van der Waals surface area contributed by atoms with Crippen LogP contribution in [0.3, 0.4) is 0 Å². The zero-order chi connectivity index (χ0) is 7.59. The molecule has 1 aliphatic heterocycles. The van der Waals surface area contributed by atoms with Crippen molar-refractivity contribution in [2.75, 3.05) is 0 Å². The average Bonchev–Trinajstić information content (AvgIpc) is 2.53.